The van der Waals surface area contributed by atoms with E-state index in [4.69, 9.17) is 10.8 Å². The third-order valence-electron chi connectivity index (χ3n) is 3.15. The summed E-state index contributed by atoms with van der Waals surface area (Å²) in [6.07, 6.45) is 3.17. The quantitative estimate of drug-likeness (QED) is 0.673. The minimum Gasteiger partial charge on any atom is -0.480 e. The molecule has 3 aromatic rings. The zero-order valence-electron chi connectivity index (χ0n) is 12.3. The number of hydrogen-bond donors (Lipinski definition) is 2. The highest BCUT2D eigenvalue weighted by molar-refractivity contribution is 6.04. The topological polar surface area (TPSA) is 124 Å². The van der Waals surface area contributed by atoms with Crippen LogP contribution in [-0.4, -0.2) is 36.7 Å². The number of carboxylic acids is 1. The normalized spacial score (nSPS) is 10.2. The molecule has 0 saturated carbocycles. The first kappa shape index (κ1) is 15.2. The summed E-state index contributed by atoms with van der Waals surface area (Å²) < 4.78 is 1.22. The van der Waals surface area contributed by atoms with Gasteiger partial charge in [0.15, 0.2) is 5.69 Å². The van der Waals surface area contributed by atoms with Gasteiger partial charge in [0.2, 0.25) is 5.82 Å². The molecule has 0 bridgehead atoms. The second-order valence-electron chi connectivity index (χ2n) is 4.82. The smallest absolute Gasteiger partial charge is 0.325 e. The van der Waals surface area contributed by atoms with Crippen molar-refractivity contribution in [3.63, 3.8) is 0 Å². The molecule has 3 N–H and O–H groups in total. The fourth-order valence-electron chi connectivity index (χ4n) is 2.18. The monoisotopic (exact) mass is 321 g/mol. The summed E-state index contributed by atoms with van der Waals surface area (Å²) in [5, 5.41) is 13.4. The van der Waals surface area contributed by atoms with E-state index in [1.807, 2.05) is 0 Å². The molecular formula is C16H11N5O3. The van der Waals surface area contributed by atoms with E-state index in [-0.39, 0.29) is 12.2 Å². The molecule has 0 atom stereocenters. The molecule has 1 aromatic carbocycles. The summed E-state index contributed by atoms with van der Waals surface area (Å²) in [5.41, 5.74) is 6.42. The number of nitrogens with two attached hydrogens (primary N) is 1. The molecule has 2 heterocycles. The second-order valence-corrected chi connectivity index (χ2v) is 4.82. The Morgan fingerprint density at radius 1 is 1.21 bits per heavy atom. The van der Waals surface area contributed by atoms with Crippen molar-refractivity contribution < 1.29 is 14.7 Å². The maximum atomic E-state index is 11.5. The molecule has 0 saturated heterocycles. The molecule has 0 spiro atoms. The van der Waals surface area contributed by atoms with Crippen molar-refractivity contribution in [3.8, 4) is 11.8 Å². The first-order valence-corrected chi connectivity index (χ1v) is 6.86. The van der Waals surface area contributed by atoms with E-state index in [0.29, 0.717) is 22.3 Å². The van der Waals surface area contributed by atoms with Gasteiger partial charge in [-0.2, -0.15) is 5.10 Å². The number of benzene rings is 1. The van der Waals surface area contributed by atoms with Gasteiger partial charge in [-0.25, -0.2) is 9.97 Å². The second kappa shape index (κ2) is 6.18. The van der Waals surface area contributed by atoms with E-state index in [1.54, 1.807) is 36.7 Å². The molecule has 118 valence electrons. The van der Waals surface area contributed by atoms with Crippen molar-refractivity contribution in [2.24, 2.45) is 5.73 Å². The maximum Gasteiger partial charge on any atom is 0.325 e. The van der Waals surface area contributed by atoms with Gasteiger partial charge in [-0.3, -0.25) is 14.3 Å². The SMILES string of the molecule is NC(=O)c1nn(CC(=O)O)c2ccc(C#Cc3ncccn3)cc12. The number of rotatable bonds is 3. The van der Waals surface area contributed by atoms with Crippen LogP contribution in [0, 0.1) is 11.8 Å². The van der Waals surface area contributed by atoms with Crippen LogP contribution in [-0.2, 0) is 11.3 Å². The Morgan fingerprint density at radius 3 is 2.62 bits per heavy atom. The lowest BCUT2D eigenvalue weighted by Gasteiger charge is -1.98. The van der Waals surface area contributed by atoms with E-state index in [0.717, 1.165) is 0 Å². The fraction of sp³-hybridized carbons (Fsp3) is 0.0625. The Labute approximate surface area is 135 Å². The molecule has 0 aliphatic rings. The Kier molecular flexibility index (Phi) is 3.91. The summed E-state index contributed by atoms with van der Waals surface area (Å²) >= 11 is 0. The van der Waals surface area contributed by atoms with Gasteiger partial charge in [-0.05, 0) is 30.2 Å². The van der Waals surface area contributed by atoms with E-state index < -0.39 is 11.9 Å². The van der Waals surface area contributed by atoms with Crippen LogP contribution in [0.1, 0.15) is 21.9 Å². The Bertz CT molecular complexity index is 999. The van der Waals surface area contributed by atoms with E-state index >= 15 is 0 Å². The van der Waals surface area contributed by atoms with Crippen LogP contribution in [0.5, 0.6) is 0 Å². The summed E-state index contributed by atoms with van der Waals surface area (Å²) in [6.45, 7) is -0.368. The van der Waals surface area contributed by atoms with Crippen molar-refractivity contribution in [1.29, 1.82) is 0 Å². The predicted molar refractivity (Wildman–Crippen MR) is 83.9 cm³/mol. The Hall–Kier alpha value is -3.73. The Balaban J connectivity index is 2.07. The fourth-order valence-corrected chi connectivity index (χ4v) is 2.18. The third kappa shape index (κ3) is 3.05. The molecule has 8 nitrogen and oxygen atoms in total. The molecule has 0 aliphatic heterocycles. The van der Waals surface area contributed by atoms with Crippen LogP contribution < -0.4 is 5.73 Å². The lowest BCUT2D eigenvalue weighted by molar-refractivity contribution is -0.137. The number of amides is 1. The van der Waals surface area contributed by atoms with Gasteiger partial charge in [0.25, 0.3) is 5.91 Å². The maximum absolute atomic E-state index is 11.5. The predicted octanol–water partition coefficient (Wildman–Crippen LogP) is 0.410. The molecule has 0 fully saturated rings. The molecule has 0 radical (unpaired) electrons. The number of primary amides is 1. The van der Waals surface area contributed by atoms with Crippen molar-refractivity contribution in [3.05, 3.63) is 53.7 Å². The molecule has 8 heteroatoms. The molecule has 24 heavy (non-hydrogen) atoms. The van der Waals surface area contributed by atoms with Crippen LogP contribution in [0.3, 0.4) is 0 Å². The van der Waals surface area contributed by atoms with Crippen LogP contribution >= 0.6 is 0 Å². The van der Waals surface area contributed by atoms with Gasteiger partial charge < -0.3 is 10.8 Å². The molecule has 1 amide bonds. The van der Waals surface area contributed by atoms with Crippen molar-refractivity contribution in [2.45, 2.75) is 6.54 Å². The molecule has 3 rings (SSSR count). The number of carbonyl (C=O) groups excluding carboxylic acids is 1. The average molecular weight is 321 g/mol. The minimum absolute atomic E-state index is 0.00543. The van der Waals surface area contributed by atoms with E-state index in [2.05, 4.69) is 26.9 Å². The lowest BCUT2D eigenvalue weighted by atomic mass is 10.1. The molecule has 0 aliphatic carbocycles. The average Bonchev–Trinajstić information content (AvgIpc) is 2.91. The summed E-state index contributed by atoms with van der Waals surface area (Å²) in [6, 6.07) is 6.67. The molecule has 0 unspecified atom stereocenters. The van der Waals surface area contributed by atoms with Crippen molar-refractivity contribution >= 4 is 22.8 Å². The number of fused-ring (bicyclic) bond motifs is 1. The largest absolute Gasteiger partial charge is 0.480 e. The highest BCUT2D eigenvalue weighted by atomic mass is 16.4. The van der Waals surface area contributed by atoms with Gasteiger partial charge in [-0.1, -0.05) is 5.92 Å². The summed E-state index contributed by atoms with van der Waals surface area (Å²) in [5.74, 6) is 4.26. The number of carboxylic acid groups (broad SMARTS) is 1. The summed E-state index contributed by atoms with van der Waals surface area (Å²) in [4.78, 5) is 30.4. The highest BCUT2D eigenvalue weighted by Crippen LogP contribution is 2.20. The molecule has 2 aromatic heterocycles. The number of aliphatic carboxylic acids is 1. The standard InChI is InChI=1S/C16H11N5O3/c17-16(24)15-11-8-10(3-5-13-18-6-1-7-19-13)2-4-12(11)21(20-15)9-14(22)23/h1-2,4,6-8H,9H2,(H2,17,24)(H,22,23). The van der Waals surface area contributed by atoms with Gasteiger partial charge in [0.1, 0.15) is 6.54 Å². The first-order chi connectivity index (χ1) is 11.5. The first-order valence-electron chi connectivity index (χ1n) is 6.86. The Morgan fingerprint density at radius 2 is 1.96 bits per heavy atom. The van der Waals surface area contributed by atoms with Crippen LogP contribution in [0.15, 0.2) is 36.7 Å². The van der Waals surface area contributed by atoms with Crippen LogP contribution in [0.2, 0.25) is 0 Å². The van der Waals surface area contributed by atoms with Crippen LogP contribution in [0.25, 0.3) is 10.9 Å². The minimum atomic E-state index is -1.07. The zero-order chi connectivity index (χ0) is 17.1. The zero-order valence-corrected chi connectivity index (χ0v) is 12.3. The van der Waals surface area contributed by atoms with Crippen molar-refractivity contribution in [1.82, 2.24) is 19.7 Å². The lowest BCUT2D eigenvalue weighted by Crippen LogP contribution is -2.14. The number of aromatic nitrogens is 4. The van der Waals surface area contributed by atoms with Crippen LogP contribution in [0.4, 0.5) is 0 Å². The number of nitrogens with zero attached hydrogens (tertiary/aromatic N) is 4. The summed E-state index contributed by atoms with van der Waals surface area (Å²) in [7, 11) is 0. The van der Waals surface area contributed by atoms with Gasteiger partial charge in [0.05, 0.1) is 5.52 Å². The van der Waals surface area contributed by atoms with Gasteiger partial charge in [0, 0.05) is 23.3 Å². The molecular weight excluding hydrogens is 310 g/mol. The highest BCUT2D eigenvalue weighted by Gasteiger charge is 2.16. The van der Waals surface area contributed by atoms with E-state index in [9.17, 15) is 9.59 Å². The van der Waals surface area contributed by atoms with E-state index in [1.165, 1.54) is 4.68 Å². The number of hydrogen-bond acceptors (Lipinski definition) is 5. The van der Waals surface area contributed by atoms with Crippen molar-refractivity contribution in [2.75, 3.05) is 0 Å². The van der Waals surface area contributed by atoms with Gasteiger partial charge >= 0.3 is 5.97 Å². The van der Waals surface area contributed by atoms with Gasteiger partial charge in [-0.15, -0.1) is 0 Å². The number of carbonyl (C=O) groups is 2. The third-order valence-corrected chi connectivity index (χ3v) is 3.15.